The van der Waals surface area contributed by atoms with Gasteiger partial charge in [0.2, 0.25) is 15.9 Å². The zero-order valence-corrected chi connectivity index (χ0v) is 16.8. The zero-order chi connectivity index (χ0) is 20.3. The summed E-state index contributed by atoms with van der Waals surface area (Å²) in [7, 11) is -3.59. The summed E-state index contributed by atoms with van der Waals surface area (Å²) in [5.41, 5.74) is 1.64. The molecule has 1 aliphatic heterocycles. The quantitative estimate of drug-likeness (QED) is 0.671. The van der Waals surface area contributed by atoms with Gasteiger partial charge in [-0.3, -0.25) is 4.79 Å². The molecule has 7 nitrogen and oxygen atoms in total. The molecule has 0 unspecified atom stereocenters. The van der Waals surface area contributed by atoms with E-state index in [1.54, 1.807) is 23.1 Å². The van der Waals surface area contributed by atoms with Crippen molar-refractivity contribution in [1.82, 2.24) is 14.6 Å². The molecule has 1 fully saturated rings. The normalized spacial score (nSPS) is 15.7. The highest BCUT2D eigenvalue weighted by molar-refractivity contribution is 7.89. The van der Waals surface area contributed by atoms with Crippen molar-refractivity contribution in [2.75, 3.05) is 19.6 Å². The van der Waals surface area contributed by atoms with Crippen LogP contribution in [0.25, 0.3) is 11.1 Å². The molecule has 0 bridgehead atoms. The first-order valence-corrected chi connectivity index (χ1v) is 11.2. The molecule has 3 aromatic rings. The first-order chi connectivity index (χ1) is 14.0. The minimum atomic E-state index is -3.59. The van der Waals surface area contributed by atoms with Crippen LogP contribution >= 0.6 is 0 Å². The average Bonchev–Trinajstić information content (AvgIpc) is 3.18. The minimum Gasteiger partial charge on any atom is -0.440 e. The Hall–Kier alpha value is -2.71. The molecule has 1 aliphatic rings. The number of sulfonamides is 1. The fraction of sp³-hybridized carbons (Fsp3) is 0.333. The van der Waals surface area contributed by atoms with Crippen LogP contribution in [0.15, 0.2) is 63.9 Å². The standard InChI is InChI=1S/C21H23N3O4S/c25-20(10-13-22-29(26,27)17-6-2-1-3-7-17)24-14-11-16(12-15-24)21-23-18-8-4-5-9-19(18)28-21/h1-9,16,22H,10-15H2. The second-order valence-corrected chi connectivity index (χ2v) is 8.90. The fourth-order valence-corrected chi connectivity index (χ4v) is 4.63. The van der Waals surface area contributed by atoms with E-state index in [4.69, 9.17) is 4.42 Å². The van der Waals surface area contributed by atoms with Crippen molar-refractivity contribution in [3.05, 3.63) is 60.5 Å². The molecule has 8 heteroatoms. The first kappa shape index (κ1) is 19.6. The van der Waals surface area contributed by atoms with Gasteiger partial charge in [0.1, 0.15) is 5.52 Å². The number of hydrogen-bond acceptors (Lipinski definition) is 5. The number of hydrogen-bond donors (Lipinski definition) is 1. The van der Waals surface area contributed by atoms with E-state index in [1.807, 2.05) is 24.3 Å². The summed E-state index contributed by atoms with van der Waals surface area (Å²) in [5.74, 6) is 0.883. The summed E-state index contributed by atoms with van der Waals surface area (Å²) in [4.78, 5) is 19.0. The highest BCUT2D eigenvalue weighted by Gasteiger charge is 2.27. The number of amides is 1. The fourth-order valence-electron chi connectivity index (χ4n) is 3.57. The number of rotatable bonds is 6. The smallest absolute Gasteiger partial charge is 0.240 e. The summed E-state index contributed by atoms with van der Waals surface area (Å²) in [5, 5.41) is 0. The number of benzene rings is 2. The Kier molecular flexibility index (Phi) is 5.64. The monoisotopic (exact) mass is 413 g/mol. The van der Waals surface area contributed by atoms with Crippen LogP contribution in [-0.2, 0) is 14.8 Å². The Bertz CT molecular complexity index is 1050. The lowest BCUT2D eigenvalue weighted by atomic mass is 9.96. The van der Waals surface area contributed by atoms with Crippen LogP contribution in [0.1, 0.15) is 31.1 Å². The maximum absolute atomic E-state index is 12.5. The van der Waals surface area contributed by atoms with Gasteiger partial charge >= 0.3 is 0 Å². The predicted octanol–water partition coefficient (Wildman–Crippen LogP) is 2.90. The highest BCUT2D eigenvalue weighted by atomic mass is 32.2. The molecule has 0 atom stereocenters. The Morgan fingerprint density at radius 3 is 2.48 bits per heavy atom. The van der Waals surface area contributed by atoms with Crippen molar-refractivity contribution in [2.45, 2.75) is 30.1 Å². The van der Waals surface area contributed by atoms with E-state index < -0.39 is 10.0 Å². The second-order valence-electron chi connectivity index (χ2n) is 7.14. The molecular formula is C21H23N3O4S. The molecule has 1 saturated heterocycles. The van der Waals surface area contributed by atoms with Crippen LogP contribution in [-0.4, -0.2) is 43.8 Å². The predicted molar refractivity (Wildman–Crippen MR) is 109 cm³/mol. The molecule has 0 spiro atoms. The highest BCUT2D eigenvalue weighted by Crippen LogP contribution is 2.30. The van der Waals surface area contributed by atoms with Crippen LogP contribution in [0, 0.1) is 0 Å². The molecule has 2 heterocycles. The summed E-state index contributed by atoms with van der Waals surface area (Å²) < 4.78 is 32.8. The molecule has 0 aliphatic carbocycles. The lowest BCUT2D eigenvalue weighted by Gasteiger charge is -2.30. The topological polar surface area (TPSA) is 92.5 Å². The number of oxazole rings is 1. The largest absolute Gasteiger partial charge is 0.440 e. The third kappa shape index (κ3) is 4.49. The zero-order valence-electron chi connectivity index (χ0n) is 16.0. The molecule has 4 rings (SSSR count). The van der Waals surface area contributed by atoms with E-state index in [2.05, 4.69) is 9.71 Å². The Morgan fingerprint density at radius 1 is 1.07 bits per heavy atom. The number of nitrogens with one attached hydrogen (secondary N) is 1. The Balaban J connectivity index is 1.27. The lowest BCUT2D eigenvalue weighted by Crippen LogP contribution is -2.39. The van der Waals surface area contributed by atoms with Crippen molar-refractivity contribution in [3.8, 4) is 0 Å². The summed E-state index contributed by atoms with van der Waals surface area (Å²) in [6.07, 6.45) is 1.71. The molecule has 0 saturated carbocycles. The van der Waals surface area contributed by atoms with Gasteiger partial charge in [-0.2, -0.15) is 0 Å². The van der Waals surface area contributed by atoms with Gasteiger partial charge in [-0.15, -0.1) is 0 Å². The number of carbonyl (C=O) groups is 1. The number of piperidine rings is 1. The van der Waals surface area contributed by atoms with Gasteiger partial charge in [0.25, 0.3) is 0 Å². The molecular weight excluding hydrogens is 390 g/mol. The molecule has 0 radical (unpaired) electrons. The molecule has 29 heavy (non-hydrogen) atoms. The van der Waals surface area contributed by atoms with Crippen molar-refractivity contribution in [1.29, 1.82) is 0 Å². The number of para-hydroxylation sites is 2. The molecule has 1 aromatic heterocycles. The molecule has 1 amide bonds. The van der Waals surface area contributed by atoms with Gasteiger partial charge in [-0.05, 0) is 37.1 Å². The third-order valence-corrected chi connectivity index (χ3v) is 6.67. The second kappa shape index (κ2) is 8.34. The van der Waals surface area contributed by atoms with Crippen LogP contribution in [0.5, 0.6) is 0 Å². The van der Waals surface area contributed by atoms with Crippen LogP contribution in [0.2, 0.25) is 0 Å². The first-order valence-electron chi connectivity index (χ1n) is 9.71. The summed E-state index contributed by atoms with van der Waals surface area (Å²) in [6, 6.07) is 15.8. The van der Waals surface area contributed by atoms with Crippen molar-refractivity contribution < 1.29 is 17.6 Å². The maximum Gasteiger partial charge on any atom is 0.240 e. The number of likely N-dealkylation sites (tertiary alicyclic amines) is 1. The summed E-state index contributed by atoms with van der Waals surface area (Å²) in [6.45, 7) is 1.32. The van der Waals surface area contributed by atoms with Crippen LogP contribution in [0.4, 0.5) is 0 Å². The number of carbonyl (C=O) groups excluding carboxylic acids is 1. The van der Waals surface area contributed by atoms with Crippen LogP contribution in [0.3, 0.4) is 0 Å². The minimum absolute atomic E-state index is 0.0447. The molecule has 152 valence electrons. The van der Waals surface area contributed by atoms with E-state index in [0.717, 1.165) is 29.8 Å². The summed E-state index contributed by atoms with van der Waals surface area (Å²) >= 11 is 0. The van der Waals surface area contributed by atoms with Crippen LogP contribution < -0.4 is 4.72 Å². The van der Waals surface area contributed by atoms with Gasteiger partial charge in [0.05, 0.1) is 4.90 Å². The molecule has 2 aromatic carbocycles. The van der Waals surface area contributed by atoms with Gasteiger partial charge in [-0.25, -0.2) is 18.1 Å². The van der Waals surface area contributed by atoms with Crippen molar-refractivity contribution in [2.24, 2.45) is 0 Å². The number of nitrogens with zero attached hydrogens (tertiary/aromatic N) is 2. The SMILES string of the molecule is O=C(CCNS(=O)(=O)c1ccccc1)N1CCC(c2nc3ccccc3o2)CC1. The van der Waals surface area contributed by atoms with Crippen molar-refractivity contribution >= 4 is 27.0 Å². The number of aromatic nitrogens is 1. The van der Waals surface area contributed by atoms with E-state index in [9.17, 15) is 13.2 Å². The third-order valence-electron chi connectivity index (χ3n) is 5.19. The van der Waals surface area contributed by atoms with E-state index in [-0.39, 0.29) is 29.7 Å². The Morgan fingerprint density at radius 2 is 1.76 bits per heavy atom. The van der Waals surface area contributed by atoms with E-state index in [1.165, 1.54) is 12.1 Å². The molecule has 1 N–H and O–H groups in total. The number of fused-ring (bicyclic) bond motifs is 1. The van der Waals surface area contributed by atoms with Gasteiger partial charge < -0.3 is 9.32 Å². The van der Waals surface area contributed by atoms with E-state index >= 15 is 0 Å². The average molecular weight is 413 g/mol. The van der Waals surface area contributed by atoms with Gasteiger partial charge in [0.15, 0.2) is 11.5 Å². The Labute approximate surface area is 169 Å². The van der Waals surface area contributed by atoms with Crippen molar-refractivity contribution in [3.63, 3.8) is 0 Å². The van der Waals surface area contributed by atoms with E-state index in [0.29, 0.717) is 13.1 Å². The van der Waals surface area contributed by atoms with Gasteiger partial charge in [0, 0.05) is 32.0 Å². The lowest BCUT2D eigenvalue weighted by molar-refractivity contribution is -0.132. The van der Waals surface area contributed by atoms with Gasteiger partial charge in [-0.1, -0.05) is 30.3 Å². The maximum atomic E-state index is 12.5.